The van der Waals surface area contributed by atoms with Gasteiger partial charge in [0.15, 0.2) is 0 Å². The van der Waals surface area contributed by atoms with Crippen LogP contribution in [0.4, 0.5) is 11.4 Å². The van der Waals surface area contributed by atoms with Crippen molar-refractivity contribution in [1.82, 2.24) is 0 Å². The lowest BCUT2D eigenvalue weighted by atomic mass is 10.2. The number of thiophene rings is 1. The van der Waals surface area contributed by atoms with Gasteiger partial charge >= 0.3 is 0 Å². The molecular weight excluding hydrogens is 244 g/mol. The van der Waals surface area contributed by atoms with Gasteiger partial charge in [-0.15, -0.1) is 11.3 Å². The summed E-state index contributed by atoms with van der Waals surface area (Å²) in [6, 6.07) is 7.92. The molecule has 2 rings (SSSR count). The van der Waals surface area contributed by atoms with Gasteiger partial charge in [0, 0.05) is 23.2 Å². The third-order valence-corrected chi connectivity index (χ3v) is 3.76. The van der Waals surface area contributed by atoms with Crippen LogP contribution < -0.4 is 15.8 Å². The molecule has 1 heterocycles. The summed E-state index contributed by atoms with van der Waals surface area (Å²) in [5.74, 6) is 0.741. The smallest absolute Gasteiger partial charge is 0.144 e. The molecule has 0 amide bonds. The minimum Gasteiger partial charge on any atom is -0.492 e. The number of aryl methyl sites for hydroxylation is 1. The van der Waals surface area contributed by atoms with Crippen LogP contribution >= 0.6 is 11.3 Å². The van der Waals surface area contributed by atoms with Crippen molar-refractivity contribution in [2.45, 2.75) is 20.4 Å². The summed E-state index contributed by atoms with van der Waals surface area (Å²) in [6.45, 7) is 5.54. The highest BCUT2D eigenvalue weighted by Crippen LogP contribution is 2.26. The van der Waals surface area contributed by atoms with Gasteiger partial charge in [-0.3, -0.25) is 0 Å². The van der Waals surface area contributed by atoms with Crippen molar-refractivity contribution >= 4 is 22.7 Å². The molecule has 96 valence electrons. The molecule has 0 atom stereocenters. The van der Waals surface area contributed by atoms with Crippen LogP contribution in [0.15, 0.2) is 29.6 Å². The van der Waals surface area contributed by atoms with Crippen LogP contribution in [0.3, 0.4) is 0 Å². The summed E-state index contributed by atoms with van der Waals surface area (Å²) >= 11 is 1.77. The van der Waals surface area contributed by atoms with E-state index in [1.165, 1.54) is 10.4 Å². The summed E-state index contributed by atoms with van der Waals surface area (Å²) in [5.41, 5.74) is 8.87. The van der Waals surface area contributed by atoms with Gasteiger partial charge < -0.3 is 15.8 Å². The summed E-state index contributed by atoms with van der Waals surface area (Å²) in [6.07, 6.45) is 0. The molecule has 0 bridgehead atoms. The number of hydrogen-bond acceptors (Lipinski definition) is 4. The molecular formula is C14H18N2OS. The average Bonchev–Trinajstić information content (AvgIpc) is 2.76. The highest BCUT2D eigenvalue weighted by Gasteiger charge is 2.03. The topological polar surface area (TPSA) is 47.3 Å². The Kier molecular flexibility index (Phi) is 4.10. The number of anilines is 2. The van der Waals surface area contributed by atoms with E-state index < -0.39 is 0 Å². The molecule has 0 aliphatic heterocycles. The van der Waals surface area contributed by atoms with E-state index in [0.29, 0.717) is 12.3 Å². The van der Waals surface area contributed by atoms with Crippen molar-refractivity contribution in [3.8, 4) is 5.75 Å². The van der Waals surface area contributed by atoms with Gasteiger partial charge in [0.2, 0.25) is 0 Å². The molecule has 0 saturated carbocycles. The first-order valence-corrected chi connectivity index (χ1v) is 6.88. The minimum absolute atomic E-state index is 0.623. The maximum absolute atomic E-state index is 5.84. The fourth-order valence-electron chi connectivity index (χ4n) is 1.69. The Labute approximate surface area is 112 Å². The molecule has 3 nitrogen and oxygen atoms in total. The summed E-state index contributed by atoms with van der Waals surface area (Å²) in [7, 11) is 0. The number of nitrogens with one attached hydrogen (secondary N) is 1. The highest BCUT2D eigenvalue weighted by molar-refractivity contribution is 7.10. The predicted molar refractivity (Wildman–Crippen MR) is 78.4 cm³/mol. The Morgan fingerprint density at radius 1 is 1.33 bits per heavy atom. The summed E-state index contributed by atoms with van der Waals surface area (Å²) < 4.78 is 5.48. The molecule has 1 aromatic carbocycles. The number of hydrogen-bond donors (Lipinski definition) is 2. The van der Waals surface area contributed by atoms with Crippen molar-refractivity contribution in [2.24, 2.45) is 0 Å². The lowest BCUT2D eigenvalue weighted by Crippen LogP contribution is -2.01. The highest BCUT2D eigenvalue weighted by atomic mass is 32.1. The predicted octanol–water partition coefficient (Wildman–Crippen LogP) is 3.65. The SMILES string of the molecule is CCOc1cc(NCc2sccc2C)ccc1N. The van der Waals surface area contributed by atoms with Crippen molar-refractivity contribution in [1.29, 1.82) is 0 Å². The Hall–Kier alpha value is -1.68. The van der Waals surface area contributed by atoms with Crippen LogP contribution in [0, 0.1) is 6.92 Å². The fourth-order valence-corrected chi connectivity index (χ4v) is 2.54. The second-order valence-electron chi connectivity index (χ2n) is 4.07. The van der Waals surface area contributed by atoms with E-state index in [1.807, 2.05) is 25.1 Å². The first kappa shape index (κ1) is 12.8. The maximum Gasteiger partial charge on any atom is 0.144 e. The molecule has 0 radical (unpaired) electrons. The lowest BCUT2D eigenvalue weighted by molar-refractivity contribution is 0.342. The van der Waals surface area contributed by atoms with Crippen LogP contribution in [0.1, 0.15) is 17.4 Å². The maximum atomic E-state index is 5.84. The van der Waals surface area contributed by atoms with Gasteiger partial charge in [0.25, 0.3) is 0 Å². The van der Waals surface area contributed by atoms with Gasteiger partial charge in [-0.1, -0.05) is 0 Å². The molecule has 2 aromatic rings. The fraction of sp³-hybridized carbons (Fsp3) is 0.286. The number of nitrogen functional groups attached to an aromatic ring is 1. The van der Waals surface area contributed by atoms with Crippen molar-refractivity contribution < 1.29 is 4.74 Å². The zero-order chi connectivity index (χ0) is 13.0. The first-order chi connectivity index (χ1) is 8.70. The number of benzene rings is 1. The molecule has 0 aliphatic rings. The van der Waals surface area contributed by atoms with Crippen LogP contribution in [0.5, 0.6) is 5.75 Å². The van der Waals surface area contributed by atoms with E-state index in [-0.39, 0.29) is 0 Å². The number of ether oxygens (including phenoxy) is 1. The van der Waals surface area contributed by atoms with E-state index in [4.69, 9.17) is 10.5 Å². The van der Waals surface area contributed by atoms with Gasteiger partial charge in [0.1, 0.15) is 5.75 Å². The Balaban J connectivity index is 2.05. The third kappa shape index (κ3) is 2.96. The van der Waals surface area contributed by atoms with Gasteiger partial charge in [-0.05, 0) is 43.0 Å². The zero-order valence-electron chi connectivity index (χ0n) is 10.7. The van der Waals surface area contributed by atoms with Crippen molar-refractivity contribution in [3.05, 3.63) is 40.1 Å². The van der Waals surface area contributed by atoms with Gasteiger partial charge in [-0.25, -0.2) is 0 Å². The molecule has 0 fully saturated rings. The van der Waals surface area contributed by atoms with Crippen LogP contribution in [-0.4, -0.2) is 6.61 Å². The second kappa shape index (κ2) is 5.78. The zero-order valence-corrected chi connectivity index (χ0v) is 11.5. The molecule has 1 aromatic heterocycles. The molecule has 3 N–H and O–H groups in total. The Morgan fingerprint density at radius 2 is 2.17 bits per heavy atom. The average molecular weight is 262 g/mol. The van der Waals surface area contributed by atoms with Crippen LogP contribution in [0.2, 0.25) is 0 Å². The molecule has 0 unspecified atom stereocenters. The Morgan fingerprint density at radius 3 is 2.83 bits per heavy atom. The largest absolute Gasteiger partial charge is 0.492 e. The minimum atomic E-state index is 0.623. The monoisotopic (exact) mass is 262 g/mol. The number of nitrogens with two attached hydrogens (primary N) is 1. The lowest BCUT2D eigenvalue weighted by Gasteiger charge is -2.11. The standard InChI is InChI=1S/C14H18N2OS/c1-3-17-13-8-11(4-5-12(13)15)16-9-14-10(2)6-7-18-14/h4-8,16H,3,9,15H2,1-2H3. The molecule has 0 aliphatic carbocycles. The van der Waals surface area contributed by atoms with Gasteiger partial charge in [0.05, 0.1) is 12.3 Å². The summed E-state index contributed by atoms with van der Waals surface area (Å²) in [4.78, 5) is 1.35. The first-order valence-electron chi connectivity index (χ1n) is 6.00. The number of rotatable bonds is 5. The summed E-state index contributed by atoms with van der Waals surface area (Å²) in [5, 5.41) is 5.50. The van der Waals surface area contributed by atoms with Gasteiger partial charge in [-0.2, -0.15) is 0 Å². The molecule has 4 heteroatoms. The van der Waals surface area contributed by atoms with Crippen molar-refractivity contribution in [2.75, 3.05) is 17.7 Å². The van der Waals surface area contributed by atoms with Crippen molar-refractivity contribution in [3.63, 3.8) is 0 Å². The molecule has 0 saturated heterocycles. The molecule has 0 spiro atoms. The van der Waals surface area contributed by atoms with E-state index in [1.54, 1.807) is 11.3 Å². The normalized spacial score (nSPS) is 10.3. The third-order valence-electron chi connectivity index (χ3n) is 2.73. The van der Waals surface area contributed by atoms with Crippen LogP contribution in [-0.2, 0) is 6.54 Å². The van der Waals surface area contributed by atoms with E-state index in [0.717, 1.165) is 18.0 Å². The van der Waals surface area contributed by atoms with E-state index >= 15 is 0 Å². The van der Waals surface area contributed by atoms with Crippen LogP contribution in [0.25, 0.3) is 0 Å². The van der Waals surface area contributed by atoms with E-state index in [9.17, 15) is 0 Å². The Bertz CT molecular complexity index is 522. The second-order valence-corrected chi connectivity index (χ2v) is 5.07. The van der Waals surface area contributed by atoms with E-state index in [2.05, 4.69) is 23.7 Å². The molecule has 18 heavy (non-hydrogen) atoms. The quantitative estimate of drug-likeness (QED) is 0.809.